The van der Waals surface area contributed by atoms with Gasteiger partial charge in [0, 0.05) is 0 Å². The van der Waals surface area contributed by atoms with Crippen LogP contribution < -0.4 is 0 Å². The van der Waals surface area contributed by atoms with Crippen LogP contribution in [0.15, 0.2) is 0 Å². The van der Waals surface area contributed by atoms with E-state index < -0.39 is 0 Å². The molecule has 1 nitrogen and oxygen atoms in total. The molecular weight excluding hydrogens is 112 g/mol. The number of rotatable bonds is 1. The van der Waals surface area contributed by atoms with E-state index in [0.717, 1.165) is 6.61 Å². The Bertz CT molecular complexity index is 116. The molecule has 1 aliphatic carbocycles. The molecule has 0 aromatic rings. The van der Waals surface area contributed by atoms with E-state index in [1.165, 1.54) is 25.7 Å². The number of hydrogen-bond donors (Lipinski definition) is 0. The van der Waals surface area contributed by atoms with E-state index in [9.17, 15) is 0 Å². The van der Waals surface area contributed by atoms with Crippen molar-refractivity contribution in [3.8, 4) is 0 Å². The fourth-order valence-electron chi connectivity index (χ4n) is 1.68. The van der Waals surface area contributed by atoms with Crippen molar-refractivity contribution in [2.24, 2.45) is 5.41 Å². The highest BCUT2D eigenvalue weighted by Gasteiger charge is 2.48. The second kappa shape index (κ2) is 1.72. The number of hydrogen-bond acceptors (Lipinski definition) is 1. The van der Waals surface area contributed by atoms with Crippen LogP contribution in [-0.2, 0) is 4.74 Å². The first kappa shape index (κ1) is 5.72. The van der Waals surface area contributed by atoms with Crippen LogP contribution in [0.5, 0.6) is 0 Å². The molecule has 0 N–H and O–H groups in total. The molecule has 0 aromatic heterocycles. The SMILES string of the molecule is CC[C@@H]1CC2(CC2)CO1. The quantitative estimate of drug-likeness (QED) is 0.522. The minimum absolute atomic E-state index is 0.604. The van der Waals surface area contributed by atoms with Crippen molar-refractivity contribution >= 4 is 0 Å². The van der Waals surface area contributed by atoms with Crippen molar-refractivity contribution in [2.75, 3.05) is 6.61 Å². The van der Waals surface area contributed by atoms with Gasteiger partial charge in [0.2, 0.25) is 0 Å². The molecule has 1 saturated carbocycles. The van der Waals surface area contributed by atoms with E-state index in [2.05, 4.69) is 6.92 Å². The second-order valence-electron chi connectivity index (χ2n) is 3.55. The van der Waals surface area contributed by atoms with Crippen molar-refractivity contribution in [2.45, 2.75) is 38.7 Å². The van der Waals surface area contributed by atoms with E-state index in [0.29, 0.717) is 11.5 Å². The van der Waals surface area contributed by atoms with Crippen LogP contribution in [0.2, 0.25) is 0 Å². The first-order chi connectivity index (χ1) is 4.35. The maximum atomic E-state index is 5.58. The summed E-state index contributed by atoms with van der Waals surface area (Å²) < 4.78 is 5.58. The van der Waals surface area contributed by atoms with Gasteiger partial charge in [-0.1, -0.05) is 6.92 Å². The summed E-state index contributed by atoms with van der Waals surface area (Å²) in [6.45, 7) is 3.28. The molecule has 0 radical (unpaired) electrons. The predicted molar refractivity (Wildman–Crippen MR) is 36.3 cm³/mol. The highest BCUT2D eigenvalue weighted by Crippen LogP contribution is 2.54. The third kappa shape index (κ3) is 0.877. The Kier molecular flexibility index (Phi) is 1.10. The molecule has 1 saturated heterocycles. The lowest BCUT2D eigenvalue weighted by molar-refractivity contribution is 0.102. The van der Waals surface area contributed by atoms with Gasteiger partial charge < -0.3 is 4.74 Å². The zero-order valence-electron chi connectivity index (χ0n) is 6.02. The lowest BCUT2D eigenvalue weighted by Crippen LogP contribution is -2.01. The average molecular weight is 126 g/mol. The highest BCUT2D eigenvalue weighted by atomic mass is 16.5. The van der Waals surface area contributed by atoms with Gasteiger partial charge in [-0.15, -0.1) is 0 Å². The molecule has 1 aliphatic heterocycles. The largest absolute Gasteiger partial charge is 0.378 e. The number of ether oxygens (including phenoxy) is 1. The van der Waals surface area contributed by atoms with E-state index >= 15 is 0 Å². The first-order valence-corrected chi connectivity index (χ1v) is 3.96. The zero-order chi connectivity index (χ0) is 6.32. The Morgan fingerprint density at radius 2 is 2.33 bits per heavy atom. The van der Waals surface area contributed by atoms with Gasteiger partial charge in [0.25, 0.3) is 0 Å². The van der Waals surface area contributed by atoms with Gasteiger partial charge in [-0.25, -0.2) is 0 Å². The first-order valence-electron chi connectivity index (χ1n) is 3.96. The molecule has 0 unspecified atom stereocenters. The van der Waals surface area contributed by atoms with E-state index in [1.807, 2.05) is 0 Å². The predicted octanol–water partition coefficient (Wildman–Crippen LogP) is 1.97. The lowest BCUT2D eigenvalue weighted by atomic mass is 10.0. The topological polar surface area (TPSA) is 9.23 Å². The van der Waals surface area contributed by atoms with Crippen molar-refractivity contribution in [3.05, 3.63) is 0 Å². The molecule has 2 aliphatic rings. The Hall–Kier alpha value is -0.0400. The fourth-order valence-corrected chi connectivity index (χ4v) is 1.68. The lowest BCUT2D eigenvalue weighted by Gasteiger charge is -2.02. The van der Waals surface area contributed by atoms with Gasteiger partial charge >= 0.3 is 0 Å². The van der Waals surface area contributed by atoms with Gasteiger partial charge in [0.15, 0.2) is 0 Å². The molecule has 52 valence electrons. The normalized spacial score (nSPS) is 37.7. The van der Waals surface area contributed by atoms with Gasteiger partial charge in [0.1, 0.15) is 0 Å². The molecule has 1 spiro atoms. The summed E-state index contributed by atoms with van der Waals surface area (Å²) in [5.74, 6) is 0. The smallest absolute Gasteiger partial charge is 0.0579 e. The van der Waals surface area contributed by atoms with Gasteiger partial charge in [-0.05, 0) is 31.1 Å². The summed E-state index contributed by atoms with van der Waals surface area (Å²) in [6.07, 6.45) is 6.03. The van der Waals surface area contributed by atoms with Crippen molar-refractivity contribution < 1.29 is 4.74 Å². The minimum atomic E-state index is 0.604. The maximum Gasteiger partial charge on any atom is 0.0579 e. The Morgan fingerprint density at radius 3 is 2.67 bits per heavy atom. The third-order valence-electron chi connectivity index (χ3n) is 2.70. The standard InChI is InChI=1S/C8H14O/c1-2-7-5-8(3-4-8)6-9-7/h7H,2-6H2,1H3/t7-/m1/s1. The van der Waals surface area contributed by atoms with Crippen molar-refractivity contribution in [1.29, 1.82) is 0 Å². The summed E-state index contributed by atoms with van der Waals surface area (Å²) in [6, 6.07) is 0. The van der Waals surface area contributed by atoms with Gasteiger partial charge in [-0.2, -0.15) is 0 Å². The van der Waals surface area contributed by atoms with Crippen molar-refractivity contribution in [3.63, 3.8) is 0 Å². The van der Waals surface area contributed by atoms with Crippen molar-refractivity contribution in [1.82, 2.24) is 0 Å². The zero-order valence-corrected chi connectivity index (χ0v) is 6.02. The van der Waals surface area contributed by atoms with Crippen LogP contribution in [0.3, 0.4) is 0 Å². The Labute approximate surface area is 56.4 Å². The summed E-state index contributed by atoms with van der Waals surface area (Å²) in [5, 5.41) is 0. The van der Waals surface area contributed by atoms with Crippen LogP contribution >= 0.6 is 0 Å². The summed E-state index contributed by atoms with van der Waals surface area (Å²) in [7, 11) is 0. The van der Waals surface area contributed by atoms with Gasteiger partial charge in [0.05, 0.1) is 12.7 Å². The molecule has 2 rings (SSSR count). The van der Waals surface area contributed by atoms with Crippen LogP contribution in [0.1, 0.15) is 32.6 Å². The van der Waals surface area contributed by atoms with Crippen LogP contribution in [-0.4, -0.2) is 12.7 Å². The third-order valence-corrected chi connectivity index (χ3v) is 2.70. The van der Waals surface area contributed by atoms with Gasteiger partial charge in [-0.3, -0.25) is 0 Å². The molecule has 0 bridgehead atoms. The molecule has 0 aromatic carbocycles. The van der Waals surface area contributed by atoms with E-state index in [4.69, 9.17) is 4.74 Å². The summed E-state index contributed by atoms with van der Waals surface area (Å²) in [5.41, 5.74) is 0.695. The van der Waals surface area contributed by atoms with Crippen LogP contribution in [0.25, 0.3) is 0 Å². The van der Waals surface area contributed by atoms with Crippen LogP contribution in [0.4, 0.5) is 0 Å². The maximum absolute atomic E-state index is 5.58. The Morgan fingerprint density at radius 1 is 1.56 bits per heavy atom. The molecule has 9 heavy (non-hydrogen) atoms. The summed E-state index contributed by atoms with van der Waals surface area (Å²) in [4.78, 5) is 0. The molecule has 1 heteroatoms. The molecule has 2 fully saturated rings. The molecule has 1 heterocycles. The fraction of sp³-hybridized carbons (Fsp3) is 1.00. The van der Waals surface area contributed by atoms with E-state index in [1.54, 1.807) is 0 Å². The highest BCUT2D eigenvalue weighted by molar-refractivity contribution is 4.98. The Balaban J connectivity index is 1.93. The average Bonchev–Trinajstić information content (AvgIpc) is 2.44. The van der Waals surface area contributed by atoms with Crippen LogP contribution in [0, 0.1) is 5.41 Å². The molecule has 1 atom stereocenters. The second-order valence-corrected chi connectivity index (χ2v) is 3.55. The summed E-state index contributed by atoms with van der Waals surface area (Å²) >= 11 is 0. The molecule has 0 amide bonds. The minimum Gasteiger partial charge on any atom is -0.378 e. The molecular formula is C8H14O. The van der Waals surface area contributed by atoms with E-state index in [-0.39, 0.29) is 0 Å². The monoisotopic (exact) mass is 126 g/mol.